The van der Waals surface area contributed by atoms with Gasteiger partial charge in [0.05, 0.1) is 11.7 Å². The van der Waals surface area contributed by atoms with Crippen LogP contribution < -0.4 is 5.32 Å². The topological polar surface area (TPSA) is 50.7 Å². The van der Waals surface area contributed by atoms with Crippen LogP contribution in [-0.2, 0) is 6.42 Å². The molecule has 0 spiro atoms. The molecular weight excluding hydrogens is 260 g/mol. The van der Waals surface area contributed by atoms with Crippen molar-refractivity contribution in [2.45, 2.75) is 50.5 Å². The van der Waals surface area contributed by atoms with Gasteiger partial charge >= 0.3 is 0 Å². The summed E-state index contributed by atoms with van der Waals surface area (Å²) in [6, 6.07) is 6.50. The molecule has 0 amide bonds. The second kappa shape index (κ2) is 5.43. The quantitative estimate of drug-likeness (QED) is 0.932. The number of fused-ring (bicyclic) bond motifs is 1. The predicted molar refractivity (Wildman–Crippen MR) is 82.2 cm³/mol. The smallest absolute Gasteiger partial charge is 0.223 e. The number of hydrogen-bond acceptors (Lipinski definition) is 4. The highest BCUT2D eigenvalue weighted by Crippen LogP contribution is 2.34. The number of rotatable bonds is 3. The van der Waals surface area contributed by atoms with Crippen LogP contribution in [-0.4, -0.2) is 15.0 Å². The molecule has 0 aromatic carbocycles. The SMILES string of the molecule is c1cnc2c(c1)CC[C@H]2Nc1nccc(C2CCCC2)n1. The molecular formula is C17H20N4. The normalized spacial score (nSPS) is 21.4. The van der Waals surface area contributed by atoms with Gasteiger partial charge in [-0.05, 0) is 43.4 Å². The minimum atomic E-state index is 0.250. The van der Waals surface area contributed by atoms with Gasteiger partial charge in [-0.25, -0.2) is 9.97 Å². The van der Waals surface area contributed by atoms with Crippen molar-refractivity contribution in [2.24, 2.45) is 0 Å². The highest BCUT2D eigenvalue weighted by atomic mass is 15.1. The third-order valence-corrected chi connectivity index (χ3v) is 4.71. The van der Waals surface area contributed by atoms with Gasteiger partial charge in [0.2, 0.25) is 5.95 Å². The van der Waals surface area contributed by atoms with Crippen molar-refractivity contribution in [3.05, 3.63) is 47.5 Å². The van der Waals surface area contributed by atoms with Crippen LogP contribution in [0.2, 0.25) is 0 Å². The molecule has 1 N–H and O–H groups in total. The summed E-state index contributed by atoms with van der Waals surface area (Å²) < 4.78 is 0. The second-order valence-corrected chi connectivity index (χ2v) is 6.07. The van der Waals surface area contributed by atoms with E-state index in [1.165, 1.54) is 36.9 Å². The zero-order valence-electron chi connectivity index (χ0n) is 12.1. The summed E-state index contributed by atoms with van der Waals surface area (Å²) in [7, 11) is 0. The zero-order valence-corrected chi connectivity index (χ0v) is 12.1. The number of nitrogens with one attached hydrogen (secondary N) is 1. The molecule has 108 valence electrons. The van der Waals surface area contributed by atoms with Crippen LogP contribution in [0.25, 0.3) is 0 Å². The maximum atomic E-state index is 4.74. The Kier molecular flexibility index (Phi) is 3.30. The van der Waals surface area contributed by atoms with Gasteiger partial charge in [0, 0.05) is 24.0 Å². The molecule has 1 fully saturated rings. The molecule has 0 aliphatic heterocycles. The van der Waals surface area contributed by atoms with E-state index >= 15 is 0 Å². The average Bonchev–Trinajstić information content (AvgIpc) is 3.18. The van der Waals surface area contributed by atoms with Crippen molar-refractivity contribution < 1.29 is 0 Å². The van der Waals surface area contributed by atoms with E-state index in [-0.39, 0.29) is 6.04 Å². The van der Waals surface area contributed by atoms with Crippen molar-refractivity contribution in [1.29, 1.82) is 0 Å². The van der Waals surface area contributed by atoms with Crippen molar-refractivity contribution in [1.82, 2.24) is 15.0 Å². The highest BCUT2D eigenvalue weighted by molar-refractivity contribution is 5.37. The fourth-order valence-electron chi connectivity index (χ4n) is 3.60. The molecule has 4 heteroatoms. The van der Waals surface area contributed by atoms with Crippen LogP contribution in [0, 0.1) is 0 Å². The van der Waals surface area contributed by atoms with Crippen molar-refractivity contribution >= 4 is 5.95 Å². The Morgan fingerprint density at radius 2 is 1.90 bits per heavy atom. The van der Waals surface area contributed by atoms with Gasteiger partial charge in [0.25, 0.3) is 0 Å². The predicted octanol–water partition coefficient (Wildman–Crippen LogP) is 3.63. The Balaban J connectivity index is 1.54. The minimum Gasteiger partial charge on any atom is -0.346 e. The van der Waals surface area contributed by atoms with Gasteiger partial charge in [-0.1, -0.05) is 18.9 Å². The summed E-state index contributed by atoms with van der Waals surface area (Å²) in [6.45, 7) is 0. The lowest BCUT2D eigenvalue weighted by Crippen LogP contribution is -2.12. The average molecular weight is 280 g/mol. The summed E-state index contributed by atoms with van der Waals surface area (Å²) in [5.41, 5.74) is 3.71. The first-order valence-electron chi connectivity index (χ1n) is 7.93. The Hall–Kier alpha value is -1.97. The number of anilines is 1. The number of aryl methyl sites for hydroxylation is 1. The number of pyridine rings is 1. The standard InChI is InChI=1S/C17H20N4/c1-2-5-12(4-1)14-9-11-19-17(20-14)21-15-8-7-13-6-3-10-18-16(13)15/h3,6,9-12,15H,1-2,4-5,7-8H2,(H,19,20,21)/t15-/m1/s1. The van der Waals surface area contributed by atoms with Crippen LogP contribution in [0.1, 0.15) is 61.0 Å². The summed E-state index contributed by atoms with van der Waals surface area (Å²) in [5.74, 6) is 1.38. The molecule has 2 heterocycles. The molecule has 4 nitrogen and oxygen atoms in total. The summed E-state index contributed by atoms with van der Waals surface area (Å²) in [5, 5.41) is 3.48. The molecule has 2 aromatic heterocycles. The minimum absolute atomic E-state index is 0.250. The van der Waals surface area contributed by atoms with Gasteiger partial charge in [0.1, 0.15) is 0 Å². The third-order valence-electron chi connectivity index (χ3n) is 4.71. The van der Waals surface area contributed by atoms with E-state index < -0.39 is 0 Å². The third kappa shape index (κ3) is 2.50. The largest absolute Gasteiger partial charge is 0.346 e. The maximum absolute atomic E-state index is 4.74. The highest BCUT2D eigenvalue weighted by Gasteiger charge is 2.24. The van der Waals surface area contributed by atoms with E-state index in [1.807, 2.05) is 18.5 Å². The molecule has 2 aliphatic carbocycles. The molecule has 0 radical (unpaired) electrons. The Morgan fingerprint density at radius 1 is 1.00 bits per heavy atom. The van der Waals surface area contributed by atoms with E-state index in [2.05, 4.69) is 27.4 Å². The second-order valence-electron chi connectivity index (χ2n) is 6.07. The lowest BCUT2D eigenvalue weighted by Gasteiger charge is -2.15. The zero-order chi connectivity index (χ0) is 14.1. The van der Waals surface area contributed by atoms with Crippen molar-refractivity contribution in [2.75, 3.05) is 5.32 Å². The fourth-order valence-corrected chi connectivity index (χ4v) is 3.60. The van der Waals surface area contributed by atoms with Crippen LogP contribution in [0.4, 0.5) is 5.95 Å². The van der Waals surface area contributed by atoms with Gasteiger partial charge < -0.3 is 5.32 Å². The summed E-state index contributed by atoms with van der Waals surface area (Å²) in [6.07, 6.45) is 11.1. The van der Waals surface area contributed by atoms with Gasteiger partial charge in [-0.3, -0.25) is 4.98 Å². The Labute approximate surface area is 125 Å². The number of aromatic nitrogens is 3. The van der Waals surface area contributed by atoms with Gasteiger partial charge in [-0.15, -0.1) is 0 Å². The number of hydrogen-bond donors (Lipinski definition) is 1. The van der Waals surface area contributed by atoms with E-state index in [4.69, 9.17) is 4.98 Å². The summed E-state index contributed by atoms with van der Waals surface area (Å²) in [4.78, 5) is 13.7. The van der Waals surface area contributed by atoms with Gasteiger partial charge in [-0.2, -0.15) is 0 Å². The molecule has 1 atom stereocenters. The maximum Gasteiger partial charge on any atom is 0.223 e. The van der Waals surface area contributed by atoms with E-state index in [0.29, 0.717) is 5.92 Å². The van der Waals surface area contributed by atoms with Crippen LogP contribution in [0.5, 0.6) is 0 Å². The Bertz CT molecular complexity index is 634. The molecule has 21 heavy (non-hydrogen) atoms. The van der Waals surface area contributed by atoms with Crippen LogP contribution >= 0.6 is 0 Å². The first kappa shape index (κ1) is 12.7. The molecule has 0 saturated heterocycles. The molecule has 4 rings (SSSR count). The first-order chi connectivity index (χ1) is 10.4. The van der Waals surface area contributed by atoms with E-state index in [0.717, 1.165) is 24.5 Å². The van der Waals surface area contributed by atoms with Crippen LogP contribution in [0.3, 0.4) is 0 Å². The van der Waals surface area contributed by atoms with Crippen molar-refractivity contribution in [3.63, 3.8) is 0 Å². The molecule has 2 aromatic rings. The van der Waals surface area contributed by atoms with Crippen molar-refractivity contribution in [3.8, 4) is 0 Å². The molecule has 0 unspecified atom stereocenters. The van der Waals surface area contributed by atoms with Crippen LogP contribution in [0.15, 0.2) is 30.6 Å². The monoisotopic (exact) mass is 280 g/mol. The summed E-state index contributed by atoms with van der Waals surface area (Å²) >= 11 is 0. The molecule has 2 aliphatic rings. The lowest BCUT2D eigenvalue weighted by atomic mass is 10.0. The molecule has 1 saturated carbocycles. The van der Waals surface area contributed by atoms with Gasteiger partial charge in [0.15, 0.2) is 0 Å². The number of nitrogens with zero attached hydrogens (tertiary/aromatic N) is 3. The van der Waals surface area contributed by atoms with E-state index in [9.17, 15) is 0 Å². The van der Waals surface area contributed by atoms with E-state index in [1.54, 1.807) is 0 Å². The lowest BCUT2D eigenvalue weighted by molar-refractivity contribution is 0.687. The first-order valence-corrected chi connectivity index (χ1v) is 7.93. The fraction of sp³-hybridized carbons (Fsp3) is 0.471. The Morgan fingerprint density at radius 3 is 2.81 bits per heavy atom. The molecule has 0 bridgehead atoms.